The van der Waals surface area contributed by atoms with Crippen molar-refractivity contribution in [1.82, 2.24) is 9.91 Å². The molecule has 0 saturated carbocycles. The van der Waals surface area contributed by atoms with Gasteiger partial charge in [0, 0.05) is 26.3 Å². The number of hydrogen-bond donors (Lipinski definition) is 0. The average molecular weight is 393 g/mol. The first kappa shape index (κ1) is 20.6. The highest BCUT2D eigenvalue weighted by Crippen LogP contribution is 2.15. The van der Waals surface area contributed by atoms with E-state index in [2.05, 4.69) is 5.10 Å². The van der Waals surface area contributed by atoms with Crippen molar-refractivity contribution in [1.29, 1.82) is 0 Å². The zero-order valence-corrected chi connectivity index (χ0v) is 17.0. The van der Waals surface area contributed by atoms with E-state index in [1.165, 1.54) is 5.01 Å². The molecule has 2 aromatic rings. The number of rotatable bonds is 8. The van der Waals surface area contributed by atoms with Crippen molar-refractivity contribution in [3.05, 3.63) is 65.7 Å². The molecule has 29 heavy (non-hydrogen) atoms. The molecule has 0 bridgehead atoms. The second kappa shape index (κ2) is 9.87. The summed E-state index contributed by atoms with van der Waals surface area (Å²) in [7, 11) is 1.73. The molecule has 2 aromatic carbocycles. The van der Waals surface area contributed by atoms with Gasteiger partial charge in [0.1, 0.15) is 12.4 Å². The molecular weight excluding hydrogens is 366 g/mol. The summed E-state index contributed by atoms with van der Waals surface area (Å²) in [4.78, 5) is 26.3. The Kier molecular flexibility index (Phi) is 7.00. The van der Waals surface area contributed by atoms with Gasteiger partial charge < -0.3 is 9.64 Å². The maximum Gasteiger partial charge on any atom is 0.243 e. The van der Waals surface area contributed by atoms with Crippen molar-refractivity contribution >= 4 is 17.5 Å². The Hall–Kier alpha value is -3.15. The maximum absolute atomic E-state index is 12.4. The fourth-order valence-electron chi connectivity index (χ4n) is 3.13. The molecule has 1 heterocycles. The summed E-state index contributed by atoms with van der Waals surface area (Å²) in [6.07, 6.45) is 1.07. The Morgan fingerprint density at radius 3 is 2.66 bits per heavy atom. The first-order valence-corrected chi connectivity index (χ1v) is 9.89. The van der Waals surface area contributed by atoms with E-state index in [1.54, 1.807) is 11.9 Å². The molecule has 0 aliphatic carbocycles. The SMILES string of the molecule is Cc1cccc(OCCN(C)C(=O)CCC(=O)N2CCC(c3ccccc3)=N2)c1. The number of nitrogens with zero attached hydrogens (tertiary/aromatic N) is 3. The Labute approximate surface area is 171 Å². The van der Waals surface area contributed by atoms with E-state index in [4.69, 9.17) is 4.74 Å². The molecule has 0 N–H and O–H groups in total. The topological polar surface area (TPSA) is 62.2 Å². The molecule has 0 spiro atoms. The summed E-state index contributed by atoms with van der Waals surface area (Å²) in [6, 6.07) is 17.7. The molecule has 3 rings (SSSR count). The largest absolute Gasteiger partial charge is 0.492 e. The lowest BCUT2D eigenvalue weighted by Crippen LogP contribution is -2.32. The minimum atomic E-state index is -0.117. The standard InChI is InChI=1S/C23H27N3O3/c1-18-7-6-10-20(17-18)29-16-15-25(2)22(27)11-12-23(28)26-14-13-21(24-26)19-8-4-3-5-9-19/h3-10,17H,11-16H2,1-2H3. The third kappa shape index (κ3) is 5.91. The number of carbonyl (C=O) groups excluding carboxylic acids is 2. The summed E-state index contributed by atoms with van der Waals surface area (Å²) in [5, 5.41) is 5.91. The van der Waals surface area contributed by atoms with Crippen molar-refractivity contribution in [2.24, 2.45) is 5.10 Å². The number of likely N-dealkylation sites (N-methyl/N-ethyl adjacent to an activating group) is 1. The molecular formula is C23H27N3O3. The fraction of sp³-hybridized carbons (Fsp3) is 0.348. The van der Waals surface area contributed by atoms with Crippen molar-refractivity contribution in [3.63, 3.8) is 0 Å². The van der Waals surface area contributed by atoms with E-state index in [1.807, 2.05) is 61.5 Å². The summed E-state index contributed by atoms with van der Waals surface area (Å²) in [5.74, 6) is 0.605. The first-order chi connectivity index (χ1) is 14.0. The van der Waals surface area contributed by atoms with Crippen LogP contribution in [0.15, 0.2) is 59.7 Å². The minimum Gasteiger partial charge on any atom is -0.492 e. The number of benzene rings is 2. The summed E-state index contributed by atoms with van der Waals surface area (Å²) in [6.45, 7) is 3.46. The van der Waals surface area contributed by atoms with Crippen LogP contribution >= 0.6 is 0 Å². The van der Waals surface area contributed by atoms with Crippen LogP contribution in [0, 0.1) is 6.92 Å². The highest BCUT2D eigenvalue weighted by molar-refractivity contribution is 6.02. The summed E-state index contributed by atoms with van der Waals surface area (Å²) in [5.41, 5.74) is 3.08. The maximum atomic E-state index is 12.4. The second-order valence-electron chi connectivity index (χ2n) is 7.16. The molecule has 0 radical (unpaired) electrons. The molecule has 2 amide bonds. The van der Waals surface area contributed by atoms with Crippen LogP contribution in [0.25, 0.3) is 0 Å². The van der Waals surface area contributed by atoms with Crippen LogP contribution in [0.4, 0.5) is 0 Å². The van der Waals surface area contributed by atoms with E-state index in [-0.39, 0.29) is 24.7 Å². The highest BCUT2D eigenvalue weighted by Gasteiger charge is 2.22. The zero-order valence-electron chi connectivity index (χ0n) is 17.0. The van der Waals surface area contributed by atoms with Gasteiger partial charge in [-0.25, -0.2) is 5.01 Å². The molecule has 0 unspecified atom stereocenters. The van der Waals surface area contributed by atoms with Gasteiger partial charge in [-0.05, 0) is 30.2 Å². The molecule has 6 nitrogen and oxygen atoms in total. The van der Waals surface area contributed by atoms with Gasteiger partial charge in [-0.2, -0.15) is 5.10 Å². The van der Waals surface area contributed by atoms with Crippen LogP contribution in [-0.2, 0) is 9.59 Å². The molecule has 0 aromatic heterocycles. The Bertz CT molecular complexity index is 880. The van der Waals surface area contributed by atoms with E-state index in [9.17, 15) is 9.59 Å². The van der Waals surface area contributed by atoms with Crippen LogP contribution in [0.5, 0.6) is 5.75 Å². The van der Waals surface area contributed by atoms with Crippen LogP contribution in [-0.4, -0.2) is 54.2 Å². The number of hydrazone groups is 1. The van der Waals surface area contributed by atoms with Gasteiger partial charge in [0.25, 0.3) is 0 Å². The van der Waals surface area contributed by atoms with Gasteiger partial charge in [0.15, 0.2) is 0 Å². The molecule has 0 saturated heterocycles. The Balaban J connectivity index is 1.40. The first-order valence-electron chi connectivity index (χ1n) is 9.89. The van der Waals surface area contributed by atoms with Crippen molar-refractivity contribution < 1.29 is 14.3 Å². The van der Waals surface area contributed by atoms with Crippen LogP contribution in [0.2, 0.25) is 0 Å². The predicted molar refractivity (Wildman–Crippen MR) is 113 cm³/mol. The monoisotopic (exact) mass is 393 g/mol. The van der Waals surface area contributed by atoms with E-state index in [0.717, 1.165) is 29.0 Å². The van der Waals surface area contributed by atoms with Gasteiger partial charge in [0.05, 0.1) is 18.8 Å². The van der Waals surface area contributed by atoms with Crippen LogP contribution in [0.1, 0.15) is 30.4 Å². The molecule has 0 fully saturated rings. The van der Waals surface area contributed by atoms with Crippen LogP contribution < -0.4 is 4.74 Å². The van der Waals surface area contributed by atoms with E-state index < -0.39 is 0 Å². The predicted octanol–water partition coefficient (Wildman–Crippen LogP) is 3.25. The number of amides is 2. The molecule has 6 heteroatoms. The zero-order chi connectivity index (χ0) is 20.6. The third-order valence-corrected chi connectivity index (χ3v) is 4.86. The van der Waals surface area contributed by atoms with Gasteiger partial charge >= 0.3 is 0 Å². The summed E-state index contributed by atoms with van der Waals surface area (Å²) < 4.78 is 5.68. The number of carbonyl (C=O) groups is 2. The van der Waals surface area contributed by atoms with Crippen molar-refractivity contribution in [2.45, 2.75) is 26.2 Å². The molecule has 152 valence electrons. The lowest BCUT2D eigenvalue weighted by molar-refractivity contribution is -0.136. The lowest BCUT2D eigenvalue weighted by atomic mass is 10.1. The molecule has 1 aliphatic heterocycles. The minimum absolute atomic E-state index is 0.0716. The third-order valence-electron chi connectivity index (χ3n) is 4.86. The van der Waals surface area contributed by atoms with Gasteiger partial charge in [-0.1, -0.05) is 42.5 Å². The van der Waals surface area contributed by atoms with Crippen molar-refractivity contribution in [2.75, 3.05) is 26.7 Å². The van der Waals surface area contributed by atoms with Gasteiger partial charge in [0.2, 0.25) is 11.8 Å². The van der Waals surface area contributed by atoms with Crippen molar-refractivity contribution in [3.8, 4) is 5.75 Å². The average Bonchev–Trinajstić information content (AvgIpc) is 3.23. The normalized spacial score (nSPS) is 13.2. The summed E-state index contributed by atoms with van der Waals surface area (Å²) >= 11 is 0. The second-order valence-corrected chi connectivity index (χ2v) is 7.16. The highest BCUT2D eigenvalue weighted by atomic mass is 16.5. The fourth-order valence-corrected chi connectivity index (χ4v) is 3.13. The molecule has 0 atom stereocenters. The Morgan fingerprint density at radius 1 is 1.10 bits per heavy atom. The Morgan fingerprint density at radius 2 is 1.90 bits per heavy atom. The van der Waals surface area contributed by atoms with E-state index in [0.29, 0.717) is 19.7 Å². The lowest BCUT2D eigenvalue weighted by Gasteiger charge is -2.18. The van der Waals surface area contributed by atoms with Gasteiger partial charge in [-0.3, -0.25) is 9.59 Å². The van der Waals surface area contributed by atoms with Crippen LogP contribution in [0.3, 0.4) is 0 Å². The molecule has 1 aliphatic rings. The number of aryl methyl sites for hydroxylation is 1. The van der Waals surface area contributed by atoms with E-state index >= 15 is 0 Å². The number of hydrogen-bond acceptors (Lipinski definition) is 4. The quantitative estimate of drug-likeness (QED) is 0.692. The number of ether oxygens (including phenoxy) is 1. The smallest absolute Gasteiger partial charge is 0.243 e. The van der Waals surface area contributed by atoms with Gasteiger partial charge in [-0.15, -0.1) is 0 Å².